The molecule has 1 aromatic carbocycles. The highest BCUT2D eigenvalue weighted by Crippen LogP contribution is 2.22. The molecule has 3 rings (SSSR count). The van der Waals surface area contributed by atoms with Crippen LogP contribution in [0.4, 0.5) is 5.69 Å². The van der Waals surface area contributed by atoms with Crippen LogP contribution in [0.3, 0.4) is 0 Å². The highest BCUT2D eigenvalue weighted by Gasteiger charge is 2.14. The normalized spacial score (nSPS) is 10.4. The molecule has 3 aromatic rings. The monoisotopic (exact) mass is 374 g/mol. The molecular weight excluding hydrogens is 352 g/mol. The summed E-state index contributed by atoms with van der Waals surface area (Å²) in [6.07, 6.45) is 3.33. The van der Waals surface area contributed by atoms with Crippen LogP contribution in [0.25, 0.3) is 0 Å². The Morgan fingerprint density at radius 1 is 0.893 bits per heavy atom. The summed E-state index contributed by atoms with van der Waals surface area (Å²) in [6.45, 7) is 6.28. The van der Waals surface area contributed by atoms with Crippen molar-refractivity contribution in [1.82, 2.24) is 15.3 Å². The maximum atomic E-state index is 12.6. The molecule has 0 saturated heterocycles. The lowest BCUT2D eigenvalue weighted by Crippen LogP contribution is -2.25. The number of amides is 2. The average molecular weight is 374 g/mol. The molecule has 0 fully saturated rings. The van der Waals surface area contributed by atoms with Crippen molar-refractivity contribution in [3.8, 4) is 0 Å². The van der Waals surface area contributed by atoms with Crippen molar-refractivity contribution in [2.24, 2.45) is 0 Å². The van der Waals surface area contributed by atoms with E-state index in [4.69, 9.17) is 0 Å². The predicted molar refractivity (Wildman–Crippen MR) is 108 cm³/mol. The molecule has 0 radical (unpaired) electrons. The molecule has 0 unspecified atom stereocenters. The number of nitrogens with one attached hydrogen (secondary N) is 2. The third kappa shape index (κ3) is 4.59. The van der Waals surface area contributed by atoms with Crippen molar-refractivity contribution in [3.05, 3.63) is 88.5 Å². The maximum absolute atomic E-state index is 12.6. The summed E-state index contributed by atoms with van der Waals surface area (Å²) >= 11 is 0. The van der Waals surface area contributed by atoms with Crippen molar-refractivity contribution in [2.75, 3.05) is 5.32 Å². The zero-order valence-corrected chi connectivity index (χ0v) is 16.1. The Bertz CT molecular complexity index is 993. The molecule has 0 aliphatic carbocycles. The zero-order chi connectivity index (χ0) is 20.1. The molecule has 2 heterocycles. The second-order valence-corrected chi connectivity index (χ2v) is 6.67. The molecule has 2 N–H and O–H groups in total. The van der Waals surface area contributed by atoms with E-state index in [0.717, 1.165) is 27.9 Å². The van der Waals surface area contributed by atoms with E-state index in [1.54, 1.807) is 30.6 Å². The molecule has 28 heavy (non-hydrogen) atoms. The van der Waals surface area contributed by atoms with Gasteiger partial charge in [-0.25, -0.2) is 4.98 Å². The van der Waals surface area contributed by atoms with Crippen LogP contribution >= 0.6 is 0 Å². The molecule has 0 aliphatic heterocycles. The molecular formula is C22H22N4O2. The van der Waals surface area contributed by atoms with Crippen LogP contribution in [-0.4, -0.2) is 21.8 Å². The highest BCUT2D eigenvalue weighted by molar-refractivity contribution is 6.04. The molecule has 0 bridgehead atoms. The molecule has 0 atom stereocenters. The topological polar surface area (TPSA) is 84.0 Å². The average Bonchev–Trinajstić information content (AvgIpc) is 2.69. The molecule has 0 aliphatic rings. The predicted octanol–water partition coefficient (Wildman–Crippen LogP) is 3.58. The number of carbonyl (C=O) groups excluding carboxylic acids is 2. The number of hydrogen-bond donors (Lipinski definition) is 2. The number of aromatic nitrogens is 2. The SMILES string of the molecule is Cc1cc(C)c(NC(=O)c2cccc(C(=O)NCc3ccncc3)n2)c(C)c1. The zero-order valence-electron chi connectivity index (χ0n) is 16.1. The Balaban J connectivity index is 1.72. The van der Waals surface area contributed by atoms with Gasteiger partial charge in [0.15, 0.2) is 0 Å². The first-order valence-electron chi connectivity index (χ1n) is 8.97. The Morgan fingerprint density at radius 3 is 2.14 bits per heavy atom. The first kappa shape index (κ1) is 19.2. The summed E-state index contributed by atoms with van der Waals surface area (Å²) in [6, 6.07) is 12.5. The summed E-state index contributed by atoms with van der Waals surface area (Å²) in [5.74, 6) is -0.687. The maximum Gasteiger partial charge on any atom is 0.274 e. The van der Waals surface area contributed by atoms with Crippen molar-refractivity contribution in [1.29, 1.82) is 0 Å². The fourth-order valence-electron chi connectivity index (χ4n) is 3.02. The molecule has 6 nitrogen and oxygen atoms in total. The molecule has 6 heteroatoms. The van der Waals surface area contributed by atoms with Crippen LogP contribution < -0.4 is 10.6 Å². The van der Waals surface area contributed by atoms with Crippen LogP contribution in [-0.2, 0) is 6.54 Å². The van der Waals surface area contributed by atoms with E-state index in [1.165, 1.54) is 0 Å². The number of benzene rings is 1. The second-order valence-electron chi connectivity index (χ2n) is 6.67. The van der Waals surface area contributed by atoms with Gasteiger partial charge in [-0.1, -0.05) is 23.8 Å². The van der Waals surface area contributed by atoms with Crippen LogP contribution in [0.1, 0.15) is 43.2 Å². The highest BCUT2D eigenvalue weighted by atomic mass is 16.2. The van der Waals surface area contributed by atoms with Gasteiger partial charge in [0.25, 0.3) is 11.8 Å². The van der Waals surface area contributed by atoms with Crippen molar-refractivity contribution < 1.29 is 9.59 Å². The van der Waals surface area contributed by atoms with E-state index in [9.17, 15) is 9.59 Å². The summed E-state index contributed by atoms with van der Waals surface area (Å²) < 4.78 is 0. The van der Waals surface area contributed by atoms with Crippen LogP contribution in [0.5, 0.6) is 0 Å². The third-order valence-corrected chi connectivity index (χ3v) is 4.33. The smallest absolute Gasteiger partial charge is 0.274 e. The number of hydrogen-bond acceptors (Lipinski definition) is 4. The van der Waals surface area contributed by atoms with Crippen molar-refractivity contribution >= 4 is 17.5 Å². The quantitative estimate of drug-likeness (QED) is 0.715. The first-order chi connectivity index (χ1) is 13.4. The fourth-order valence-corrected chi connectivity index (χ4v) is 3.02. The number of aryl methyl sites for hydroxylation is 3. The van der Waals surface area contributed by atoms with E-state index >= 15 is 0 Å². The number of pyridine rings is 2. The van der Waals surface area contributed by atoms with Gasteiger partial charge < -0.3 is 10.6 Å². The van der Waals surface area contributed by atoms with Gasteiger partial charge in [0.2, 0.25) is 0 Å². The summed E-state index contributed by atoms with van der Waals surface area (Å²) in [4.78, 5) is 33.2. The minimum Gasteiger partial charge on any atom is -0.347 e. The molecule has 2 amide bonds. The lowest BCUT2D eigenvalue weighted by atomic mass is 10.0. The molecule has 142 valence electrons. The molecule has 2 aromatic heterocycles. The minimum absolute atomic E-state index is 0.191. The number of carbonyl (C=O) groups is 2. The summed E-state index contributed by atoms with van der Waals surface area (Å²) in [5, 5.41) is 5.70. The largest absolute Gasteiger partial charge is 0.347 e. The Morgan fingerprint density at radius 2 is 1.50 bits per heavy atom. The standard InChI is InChI=1S/C22H22N4O2/c1-14-11-15(2)20(16(3)12-14)26-22(28)19-6-4-5-18(25-19)21(27)24-13-17-7-9-23-10-8-17/h4-12H,13H2,1-3H3,(H,24,27)(H,26,28). The minimum atomic E-state index is -0.348. The Labute approximate surface area is 164 Å². The van der Waals surface area contributed by atoms with E-state index in [-0.39, 0.29) is 23.2 Å². The van der Waals surface area contributed by atoms with Gasteiger partial charge in [0.1, 0.15) is 11.4 Å². The number of anilines is 1. The van der Waals surface area contributed by atoms with Crippen molar-refractivity contribution in [3.63, 3.8) is 0 Å². The molecule has 0 spiro atoms. The van der Waals surface area contributed by atoms with Gasteiger partial charge in [-0.05, 0) is 61.7 Å². The van der Waals surface area contributed by atoms with Gasteiger partial charge in [0, 0.05) is 24.6 Å². The van der Waals surface area contributed by atoms with E-state index in [2.05, 4.69) is 20.6 Å². The second kappa shape index (κ2) is 8.43. The van der Waals surface area contributed by atoms with E-state index < -0.39 is 0 Å². The summed E-state index contributed by atoms with van der Waals surface area (Å²) in [7, 11) is 0. The number of nitrogens with zero attached hydrogens (tertiary/aromatic N) is 2. The van der Waals surface area contributed by atoms with Crippen LogP contribution in [0, 0.1) is 20.8 Å². The van der Waals surface area contributed by atoms with Gasteiger partial charge in [-0.2, -0.15) is 0 Å². The molecule has 0 saturated carbocycles. The third-order valence-electron chi connectivity index (χ3n) is 4.33. The fraction of sp³-hybridized carbons (Fsp3) is 0.182. The van der Waals surface area contributed by atoms with Gasteiger partial charge in [0.05, 0.1) is 0 Å². The van der Waals surface area contributed by atoms with E-state index in [1.807, 2.05) is 45.0 Å². The lowest BCUT2D eigenvalue weighted by molar-refractivity contribution is 0.0945. The van der Waals surface area contributed by atoms with E-state index in [0.29, 0.717) is 6.54 Å². The summed E-state index contributed by atoms with van der Waals surface area (Å²) in [5.41, 5.74) is 5.19. The first-order valence-corrected chi connectivity index (χ1v) is 8.97. The van der Waals surface area contributed by atoms with Crippen molar-refractivity contribution in [2.45, 2.75) is 27.3 Å². The van der Waals surface area contributed by atoms with Crippen LogP contribution in [0.2, 0.25) is 0 Å². The van der Waals surface area contributed by atoms with Crippen LogP contribution in [0.15, 0.2) is 54.9 Å². The Hall–Kier alpha value is -3.54. The Kier molecular flexibility index (Phi) is 5.79. The lowest BCUT2D eigenvalue weighted by Gasteiger charge is -2.13. The van der Waals surface area contributed by atoms with Gasteiger partial charge >= 0.3 is 0 Å². The number of rotatable bonds is 5. The van der Waals surface area contributed by atoms with Gasteiger partial charge in [-0.3, -0.25) is 14.6 Å². The van der Waals surface area contributed by atoms with Gasteiger partial charge in [-0.15, -0.1) is 0 Å².